The molecule has 0 aliphatic carbocycles. The molecule has 0 unspecified atom stereocenters. The fraction of sp³-hybridized carbons (Fsp3) is 0.625. The highest BCUT2D eigenvalue weighted by Gasteiger charge is 2.37. The predicted octanol–water partition coefficient (Wildman–Crippen LogP) is 2.28. The molecule has 1 aromatic rings. The fourth-order valence-electron chi connectivity index (χ4n) is 2.79. The molecule has 0 radical (unpaired) electrons. The molecule has 2 rings (SSSR count). The van der Waals surface area contributed by atoms with Gasteiger partial charge in [-0.1, -0.05) is 25.5 Å². The third kappa shape index (κ3) is 3.87. The molecule has 1 aliphatic heterocycles. The van der Waals surface area contributed by atoms with Crippen LogP contribution >= 0.6 is 0 Å². The highest BCUT2D eigenvalue weighted by atomic mass is 16.5. The van der Waals surface area contributed by atoms with Crippen molar-refractivity contribution in [3.05, 3.63) is 24.3 Å². The monoisotopic (exact) mass is 278 g/mol. The fourth-order valence-corrected chi connectivity index (χ4v) is 2.79. The van der Waals surface area contributed by atoms with Crippen LogP contribution in [0.15, 0.2) is 24.3 Å². The molecule has 1 fully saturated rings. The number of ether oxygens (including phenoxy) is 2. The SMILES string of the molecule is CCCC1(N)CN(CCOc2ccccc2OCC)C1. The van der Waals surface area contributed by atoms with Crippen LogP contribution in [0.5, 0.6) is 11.5 Å². The average Bonchev–Trinajstić information content (AvgIpc) is 2.39. The topological polar surface area (TPSA) is 47.7 Å². The zero-order chi connectivity index (χ0) is 14.4. The van der Waals surface area contributed by atoms with E-state index < -0.39 is 0 Å². The molecule has 0 spiro atoms. The smallest absolute Gasteiger partial charge is 0.161 e. The van der Waals surface area contributed by atoms with Crippen molar-refractivity contribution in [2.45, 2.75) is 32.2 Å². The van der Waals surface area contributed by atoms with Gasteiger partial charge in [-0.2, -0.15) is 0 Å². The van der Waals surface area contributed by atoms with Crippen molar-refractivity contribution < 1.29 is 9.47 Å². The summed E-state index contributed by atoms with van der Waals surface area (Å²) < 4.78 is 11.4. The Kier molecular flexibility index (Phi) is 5.26. The first kappa shape index (κ1) is 15.1. The van der Waals surface area contributed by atoms with Crippen LogP contribution in [-0.2, 0) is 0 Å². The molecule has 1 heterocycles. The minimum absolute atomic E-state index is 0.0397. The number of nitrogens with zero attached hydrogens (tertiary/aromatic N) is 1. The Morgan fingerprint density at radius 2 is 1.80 bits per heavy atom. The Morgan fingerprint density at radius 1 is 1.15 bits per heavy atom. The Hall–Kier alpha value is -1.26. The second-order valence-corrected chi connectivity index (χ2v) is 5.55. The van der Waals surface area contributed by atoms with Gasteiger partial charge >= 0.3 is 0 Å². The lowest BCUT2D eigenvalue weighted by Gasteiger charge is -2.47. The van der Waals surface area contributed by atoms with Gasteiger partial charge in [-0.05, 0) is 25.5 Å². The quantitative estimate of drug-likeness (QED) is 0.792. The molecule has 1 saturated heterocycles. The van der Waals surface area contributed by atoms with Gasteiger partial charge in [-0.3, -0.25) is 4.90 Å². The average molecular weight is 278 g/mol. The molecule has 4 nitrogen and oxygen atoms in total. The van der Waals surface area contributed by atoms with Crippen molar-refractivity contribution in [2.75, 3.05) is 32.8 Å². The van der Waals surface area contributed by atoms with Crippen LogP contribution in [0.1, 0.15) is 26.7 Å². The maximum absolute atomic E-state index is 6.25. The lowest BCUT2D eigenvalue weighted by atomic mass is 9.86. The van der Waals surface area contributed by atoms with Crippen molar-refractivity contribution in [3.8, 4) is 11.5 Å². The first-order valence-electron chi connectivity index (χ1n) is 7.53. The molecule has 0 saturated carbocycles. The van der Waals surface area contributed by atoms with Crippen LogP contribution in [0.4, 0.5) is 0 Å². The van der Waals surface area contributed by atoms with E-state index in [2.05, 4.69) is 11.8 Å². The number of hydrogen-bond acceptors (Lipinski definition) is 4. The first-order chi connectivity index (χ1) is 9.67. The second kappa shape index (κ2) is 6.95. The highest BCUT2D eigenvalue weighted by molar-refractivity contribution is 5.39. The molecule has 0 aromatic heterocycles. The van der Waals surface area contributed by atoms with Crippen molar-refractivity contribution in [1.82, 2.24) is 4.90 Å². The number of rotatable bonds is 8. The minimum atomic E-state index is 0.0397. The van der Waals surface area contributed by atoms with Gasteiger partial charge in [0.05, 0.1) is 6.61 Å². The molecule has 1 aliphatic rings. The maximum atomic E-state index is 6.25. The van der Waals surface area contributed by atoms with Gasteiger partial charge in [-0.25, -0.2) is 0 Å². The summed E-state index contributed by atoms with van der Waals surface area (Å²) in [7, 11) is 0. The third-order valence-corrected chi connectivity index (χ3v) is 3.64. The zero-order valence-corrected chi connectivity index (χ0v) is 12.6. The number of hydrogen-bond donors (Lipinski definition) is 1. The van der Waals surface area contributed by atoms with Gasteiger partial charge in [0.2, 0.25) is 0 Å². The van der Waals surface area contributed by atoms with Crippen LogP contribution in [-0.4, -0.2) is 43.3 Å². The van der Waals surface area contributed by atoms with Crippen LogP contribution in [0.3, 0.4) is 0 Å². The van der Waals surface area contributed by atoms with Crippen LogP contribution in [0.25, 0.3) is 0 Å². The largest absolute Gasteiger partial charge is 0.490 e. The molecule has 4 heteroatoms. The van der Waals surface area contributed by atoms with E-state index in [1.165, 1.54) is 0 Å². The molecule has 0 amide bonds. The zero-order valence-electron chi connectivity index (χ0n) is 12.6. The van der Waals surface area contributed by atoms with Crippen molar-refractivity contribution >= 4 is 0 Å². The maximum Gasteiger partial charge on any atom is 0.161 e. The Balaban J connectivity index is 1.72. The predicted molar refractivity (Wildman–Crippen MR) is 81.4 cm³/mol. The molecular weight excluding hydrogens is 252 g/mol. The summed E-state index contributed by atoms with van der Waals surface area (Å²) in [5, 5.41) is 0. The lowest BCUT2D eigenvalue weighted by molar-refractivity contribution is 0.0510. The normalized spacial score (nSPS) is 17.6. The number of para-hydroxylation sites is 2. The summed E-state index contributed by atoms with van der Waals surface area (Å²) in [6, 6.07) is 7.81. The second-order valence-electron chi connectivity index (χ2n) is 5.55. The standard InChI is InChI=1S/C16H26N2O2/c1-3-9-16(17)12-18(13-16)10-11-20-15-8-6-5-7-14(15)19-4-2/h5-8H,3-4,9-13,17H2,1-2H3. The molecular formula is C16H26N2O2. The van der Waals surface area contributed by atoms with Gasteiger partial charge in [0.1, 0.15) is 6.61 Å². The number of benzene rings is 1. The van der Waals surface area contributed by atoms with E-state index >= 15 is 0 Å². The summed E-state index contributed by atoms with van der Waals surface area (Å²) in [6.45, 7) is 8.37. The van der Waals surface area contributed by atoms with E-state index in [0.717, 1.165) is 44.0 Å². The number of nitrogens with two attached hydrogens (primary N) is 1. The summed E-state index contributed by atoms with van der Waals surface area (Å²) in [5.74, 6) is 1.64. The summed E-state index contributed by atoms with van der Waals surface area (Å²) in [6.07, 6.45) is 2.26. The van der Waals surface area contributed by atoms with Crippen molar-refractivity contribution in [2.24, 2.45) is 5.73 Å². The Bertz CT molecular complexity index is 417. The third-order valence-electron chi connectivity index (χ3n) is 3.64. The summed E-state index contributed by atoms with van der Waals surface area (Å²) >= 11 is 0. The van der Waals surface area contributed by atoms with Crippen molar-refractivity contribution in [3.63, 3.8) is 0 Å². The molecule has 2 N–H and O–H groups in total. The minimum Gasteiger partial charge on any atom is -0.490 e. The highest BCUT2D eigenvalue weighted by Crippen LogP contribution is 2.27. The van der Waals surface area contributed by atoms with Gasteiger partial charge < -0.3 is 15.2 Å². The summed E-state index contributed by atoms with van der Waals surface area (Å²) in [5.41, 5.74) is 6.29. The summed E-state index contributed by atoms with van der Waals surface area (Å²) in [4.78, 5) is 2.35. The molecule has 0 atom stereocenters. The van der Waals surface area contributed by atoms with Crippen LogP contribution in [0.2, 0.25) is 0 Å². The lowest BCUT2D eigenvalue weighted by Crippen LogP contribution is -2.67. The molecule has 20 heavy (non-hydrogen) atoms. The molecule has 0 bridgehead atoms. The Morgan fingerprint density at radius 3 is 2.40 bits per heavy atom. The van der Waals surface area contributed by atoms with E-state index in [4.69, 9.17) is 15.2 Å². The van der Waals surface area contributed by atoms with Gasteiger partial charge in [0, 0.05) is 25.2 Å². The van der Waals surface area contributed by atoms with E-state index in [-0.39, 0.29) is 5.54 Å². The van der Waals surface area contributed by atoms with E-state index in [9.17, 15) is 0 Å². The first-order valence-corrected chi connectivity index (χ1v) is 7.53. The van der Waals surface area contributed by atoms with Gasteiger partial charge in [0.25, 0.3) is 0 Å². The Labute approximate surface area is 121 Å². The van der Waals surface area contributed by atoms with E-state index in [0.29, 0.717) is 13.2 Å². The molecule has 1 aromatic carbocycles. The van der Waals surface area contributed by atoms with E-state index in [1.807, 2.05) is 31.2 Å². The van der Waals surface area contributed by atoms with Gasteiger partial charge in [0.15, 0.2) is 11.5 Å². The molecule has 112 valence electrons. The van der Waals surface area contributed by atoms with Gasteiger partial charge in [-0.15, -0.1) is 0 Å². The van der Waals surface area contributed by atoms with E-state index in [1.54, 1.807) is 0 Å². The van der Waals surface area contributed by atoms with Crippen LogP contribution in [0, 0.1) is 0 Å². The van der Waals surface area contributed by atoms with Crippen LogP contribution < -0.4 is 15.2 Å². The van der Waals surface area contributed by atoms with Crippen molar-refractivity contribution in [1.29, 1.82) is 0 Å². The number of likely N-dealkylation sites (tertiary alicyclic amines) is 1.